The Morgan fingerprint density at radius 3 is 2.86 bits per heavy atom. The average Bonchev–Trinajstić information content (AvgIpc) is 2.92. The third-order valence-electron chi connectivity index (χ3n) is 3.17. The van der Waals surface area contributed by atoms with Crippen molar-refractivity contribution in [3.63, 3.8) is 0 Å². The summed E-state index contributed by atoms with van der Waals surface area (Å²) in [6, 6.07) is 6.90. The van der Waals surface area contributed by atoms with Crippen molar-refractivity contribution in [1.29, 1.82) is 0 Å². The lowest BCUT2D eigenvalue weighted by Gasteiger charge is -2.08. The molecule has 1 aromatic carbocycles. The van der Waals surface area contributed by atoms with Crippen LogP contribution in [-0.4, -0.2) is 16.5 Å². The van der Waals surface area contributed by atoms with E-state index in [4.69, 9.17) is 0 Å². The van der Waals surface area contributed by atoms with Gasteiger partial charge in [0.05, 0.1) is 5.39 Å². The van der Waals surface area contributed by atoms with Gasteiger partial charge in [0.2, 0.25) is 0 Å². The lowest BCUT2D eigenvalue weighted by Crippen LogP contribution is -2.04. The van der Waals surface area contributed by atoms with Crippen LogP contribution < -0.4 is 5.32 Å². The summed E-state index contributed by atoms with van der Waals surface area (Å²) in [4.78, 5) is 10.1. The number of halogens is 1. The summed E-state index contributed by atoms with van der Waals surface area (Å²) in [6.45, 7) is 4.83. The maximum atomic E-state index is 13.6. The Morgan fingerprint density at radius 2 is 2.10 bits per heavy atom. The van der Waals surface area contributed by atoms with Gasteiger partial charge < -0.3 is 5.32 Å². The molecule has 3 aromatic rings. The van der Waals surface area contributed by atoms with Gasteiger partial charge in [0.15, 0.2) is 5.82 Å². The summed E-state index contributed by atoms with van der Waals surface area (Å²) in [5.74, 6) is 1.12. The third kappa shape index (κ3) is 2.88. The monoisotopic (exact) mass is 301 g/mol. The molecular formula is C16H16FN3S. The molecule has 0 atom stereocenters. The number of hydrogen-bond acceptors (Lipinski definition) is 4. The van der Waals surface area contributed by atoms with Gasteiger partial charge in [-0.25, -0.2) is 14.4 Å². The molecule has 21 heavy (non-hydrogen) atoms. The SMILES string of the molecule is CCCNc1nc(-c2cc(C)cc(F)c2)nc2sccc12. The molecule has 2 aromatic heterocycles. The van der Waals surface area contributed by atoms with Crippen molar-refractivity contribution in [1.82, 2.24) is 9.97 Å². The van der Waals surface area contributed by atoms with Gasteiger partial charge in [0.25, 0.3) is 0 Å². The molecule has 0 saturated heterocycles. The van der Waals surface area contributed by atoms with E-state index in [1.165, 1.54) is 12.1 Å². The Labute approximate surface area is 126 Å². The van der Waals surface area contributed by atoms with Gasteiger partial charge in [-0.2, -0.15) is 0 Å². The number of aryl methyl sites for hydroxylation is 1. The zero-order valence-electron chi connectivity index (χ0n) is 12.0. The van der Waals surface area contributed by atoms with Crippen LogP contribution in [0.25, 0.3) is 21.6 Å². The Morgan fingerprint density at radius 1 is 1.24 bits per heavy atom. The van der Waals surface area contributed by atoms with Gasteiger partial charge in [-0.05, 0) is 48.6 Å². The molecule has 0 spiro atoms. The largest absolute Gasteiger partial charge is 0.369 e. The number of anilines is 1. The smallest absolute Gasteiger partial charge is 0.163 e. The summed E-state index contributed by atoms with van der Waals surface area (Å²) < 4.78 is 13.6. The van der Waals surface area contributed by atoms with Crippen molar-refractivity contribution in [2.24, 2.45) is 0 Å². The number of hydrogen-bond donors (Lipinski definition) is 1. The normalized spacial score (nSPS) is 11.0. The Bertz CT molecular complexity index is 762. The van der Waals surface area contributed by atoms with E-state index in [-0.39, 0.29) is 5.82 Å². The number of nitrogens with one attached hydrogen (secondary N) is 1. The fraction of sp³-hybridized carbons (Fsp3) is 0.250. The number of benzene rings is 1. The molecule has 0 bridgehead atoms. The van der Waals surface area contributed by atoms with Gasteiger partial charge in [-0.1, -0.05) is 6.92 Å². The maximum absolute atomic E-state index is 13.6. The Kier molecular flexibility index (Phi) is 3.84. The van der Waals surface area contributed by atoms with E-state index in [9.17, 15) is 4.39 Å². The van der Waals surface area contributed by atoms with Crippen LogP contribution in [0.1, 0.15) is 18.9 Å². The number of nitrogens with zero attached hydrogens (tertiary/aromatic N) is 2. The summed E-state index contributed by atoms with van der Waals surface area (Å²) in [7, 11) is 0. The van der Waals surface area contributed by atoms with Gasteiger partial charge in [0, 0.05) is 12.1 Å². The minimum atomic E-state index is -0.261. The highest BCUT2D eigenvalue weighted by molar-refractivity contribution is 7.16. The van der Waals surface area contributed by atoms with Crippen molar-refractivity contribution < 1.29 is 4.39 Å². The Hall–Kier alpha value is -2.01. The van der Waals surface area contributed by atoms with E-state index in [2.05, 4.69) is 22.2 Å². The van der Waals surface area contributed by atoms with Gasteiger partial charge >= 0.3 is 0 Å². The lowest BCUT2D eigenvalue weighted by atomic mass is 10.1. The van der Waals surface area contributed by atoms with Crippen LogP contribution in [0.2, 0.25) is 0 Å². The first-order valence-electron chi connectivity index (χ1n) is 6.94. The van der Waals surface area contributed by atoms with Crippen molar-refractivity contribution in [3.8, 4) is 11.4 Å². The summed E-state index contributed by atoms with van der Waals surface area (Å²) in [6.07, 6.45) is 1.02. The van der Waals surface area contributed by atoms with E-state index in [1.54, 1.807) is 11.3 Å². The van der Waals surface area contributed by atoms with Gasteiger partial charge in [-0.15, -0.1) is 11.3 Å². The molecule has 3 rings (SSSR count). The highest BCUT2D eigenvalue weighted by Gasteiger charge is 2.11. The molecule has 1 N–H and O–H groups in total. The van der Waals surface area contributed by atoms with E-state index < -0.39 is 0 Å². The van der Waals surface area contributed by atoms with E-state index in [0.29, 0.717) is 11.4 Å². The van der Waals surface area contributed by atoms with E-state index in [0.717, 1.165) is 34.6 Å². The number of thiophene rings is 1. The first-order valence-corrected chi connectivity index (χ1v) is 7.82. The number of rotatable bonds is 4. The summed E-state index contributed by atoms with van der Waals surface area (Å²) >= 11 is 1.57. The van der Waals surface area contributed by atoms with Crippen molar-refractivity contribution in [2.75, 3.05) is 11.9 Å². The molecular weight excluding hydrogens is 285 g/mol. The number of fused-ring (bicyclic) bond motifs is 1. The zero-order valence-corrected chi connectivity index (χ0v) is 12.8. The molecule has 0 fully saturated rings. The van der Waals surface area contributed by atoms with Crippen LogP contribution in [0.3, 0.4) is 0 Å². The fourth-order valence-electron chi connectivity index (χ4n) is 2.23. The first-order chi connectivity index (χ1) is 10.2. The second-order valence-corrected chi connectivity index (χ2v) is 5.87. The molecule has 0 unspecified atom stereocenters. The van der Waals surface area contributed by atoms with Crippen LogP contribution >= 0.6 is 11.3 Å². The van der Waals surface area contributed by atoms with E-state index >= 15 is 0 Å². The van der Waals surface area contributed by atoms with Gasteiger partial charge in [-0.3, -0.25) is 0 Å². The van der Waals surface area contributed by atoms with Crippen molar-refractivity contribution in [3.05, 3.63) is 41.0 Å². The van der Waals surface area contributed by atoms with Crippen LogP contribution in [0.15, 0.2) is 29.6 Å². The highest BCUT2D eigenvalue weighted by Crippen LogP contribution is 2.29. The lowest BCUT2D eigenvalue weighted by molar-refractivity contribution is 0.627. The van der Waals surface area contributed by atoms with Crippen LogP contribution in [0.4, 0.5) is 10.2 Å². The van der Waals surface area contributed by atoms with Crippen LogP contribution in [0.5, 0.6) is 0 Å². The predicted molar refractivity (Wildman–Crippen MR) is 86.3 cm³/mol. The maximum Gasteiger partial charge on any atom is 0.163 e. The summed E-state index contributed by atoms with van der Waals surface area (Å²) in [5.41, 5.74) is 1.57. The molecule has 0 aliphatic rings. The molecule has 0 radical (unpaired) electrons. The molecule has 5 heteroatoms. The predicted octanol–water partition coefficient (Wildman–Crippen LogP) is 4.63. The molecule has 3 nitrogen and oxygen atoms in total. The average molecular weight is 301 g/mol. The fourth-order valence-corrected chi connectivity index (χ4v) is 2.99. The van der Waals surface area contributed by atoms with Gasteiger partial charge in [0.1, 0.15) is 16.5 Å². The molecule has 0 amide bonds. The van der Waals surface area contributed by atoms with Crippen molar-refractivity contribution >= 4 is 27.4 Å². The Balaban J connectivity index is 2.13. The molecule has 0 aliphatic carbocycles. The molecule has 2 heterocycles. The van der Waals surface area contributed by atoms with Crippen molar-refractivity contribution in [2.45, 2.75) is 20.3 Å². The van der Waals surface area contributed by atoms with Crippen LogP contribution in [0, 0.1) is 12.7 Å². The second kappa shape index (κ2) is 5.77. The topological polar surface area (TPSA) is 37.8 Å². The quantitative estimate of drug-likeness (QED) is 0.763. The second-order valence-electron chi connectivity index (χ2n) is 4.98. The molecule has 0 aliphatic heterocycles. The molecule has 0 saturated carbocycles. The third-order valence-corrected chi connectivity index (χ3v) is 3.97. The first kappa shape index (κ1) is 13.9. The molecule has 108 valence electrons. The van der Waals surface area contributed by atoms with E-state index in [1.807, 2.05) is 24.4 Å². The zero-order chi connectivity index (χ0) is 14.8. The number of aromatic nitrogens is 2. The minimum absolute atomic E-state index is 0.261. The minimum Gasteiger partial charge on any atom is -0.369 e. The van der Waals surface area contributed by atoms with Crippen LogP contribution in [-0.2, 0) is 0 Å². The highest BCUT2D eigenvalue weighted by atomic mass is 32.1. The summed E-state index contributed by atoms with van der Waals surface area (Å²) in [5, 5.41) is 6.34. The standard InChI is InChI=1S/C16H16FN3S/c1-3-5-18-15-13-4-6-21-16(13)20-14(19-15)11-7-10(2)8-12(17)9-11/h4,6-9H,3,5H2,1-2H3,(H,18,19,20).